The van der Waals surface area contributed by atoms with E-state index >= 15 is 0 Å². The van der Waals surface area contributed by atoms with Gasteiger partial charge in [0.15, 0.2) is 0 Å². The van der Waals surface area contributed by atoms with Crippen molar-refractivity contribution in [3.8, 4) is 0 Å². The summed E-state index contributed by atoms with van der Waals surface area (Å²) in [4.78, 5) is 31.7. The summed E-state index contributed by atoms with van der Waals surface area (Å²) >= 11 is 12.1. The SMILES string of the molecule is CC(C(=O)N1CCc2ccccc21)N1CCN(C(=O)c2ccc(Cl)cc2Cl)CC1. The van der Waals surface area contributed by atoms with E-state index in [9.17, 15) is 9.59 Å². The average molecular weight is 432 g/mol. The number of anilines is 1. The first-order valence-corrected chi connectivity index (χ1v) is 10.6. The molecule has 1 unspecified atom stereocenters. The Hall–Kier alpha value is -2.08. The monoisotopic (exact) mass is 431 g/mol. The van der Waals surface area contributed by atoms with Gasteiger partial charge in [0.05, 0.1) is 16.6 Å². The fourth-order valence-electron chi connectivity index (χ4n) is 4.09. The second-order valence-electron chi connectivity index (χ2n) is 7.50. The van der Waals surface area contributed by atoms with Crippen LogP contribution >= 0.6 is 23.2 Å². The number of para-hydroxylation sites is 1. The summed E-state index contributed by atoms with van der Waals surface area (Å²) in [5.41, 5.74) is 2.71. The molecule has 2 aromatic carbocycles. The maximum Gasteiger partial charge on any atom is 0.255 e. The molecule has 1 atom stereocenters. The summed E-state index contributed by atoms with van der Waals surface area (Å²) in [5.74, 6) is 0.0224. The number of amides is 2. The van der Waals surface area contributed by atoms with Gasteiger partial charge < -0.3 is 9.80 Å². The van der Waals surface area contributed by atoms with Gasteiger partial charge in [0.1, 0.15) is 0 Å². The van der Waals surface area contributed by atoms with Crippen LogP contribution in [0, 0.1) is 0 Å². The predicted molar refractivity (Wildman–Crippen MR) is 116 cm³/mol. The molecule has 0 spiro atoms. The molecule has 2 aromatic rings. The normalized spacial score (nSPS) is 17.9. The molecule has 29 heavy (non-hydrogen) atoms. The van der Waals surface area contributed by atoms with Crippen molar-refractivity contribution in [3.63, 3.8) is 0 Å². The van der Waals surface area contributed by atoms with E-state index in [0.717, 1.165) is 18.7 Å². The number of hydrogen-bond donors (Lipinski definition) is 0. The van der Waals surface area contributed by atoms with E-state index in [1.165, 1.54) is 5.56 Å². The summed E-state index contributed by atoms with van der Waals surface area (Å²) in [5, 5.41) is 0.869. The number of benzene rings is 2. The van der Waals surface area contributed by atoms with Crippen molar-refractivity contribution >= 4 is 40.7 Å². The lowest BCUT2D eigenvalue weighted by Crippen LogP contribution is -2.55. The molecule has 1 saturated heterocycles. The number of fused-ring (bicyclic) bond motifs is 1. The lowest BCUT2D eigenvalue weighted by molar-refractivity contribution is -0.123. The van der Waals surface area contributed by atoms with Gasteiger partial charge >= 0.3 is 0 Å². The van der Waals surface area contributed by atoms with E-state index in [1.54, 1.807) is 23.1 Å². The molecule has 2 heterocycles. The van der Waals surface area contributed by atoms with Gasteiger partial charge in [-0.1, -0.05) is 41.4 Å². The van der Waals surface area contributed by atoms with Crippen molar-refractivity contribution in [2.45, 2.75) is 19.4 Å². The maximum atomic E-state index is 13.1. The van der Waals surface area contributed by atoms with E-state index in [1.807, 2.05) is 30.0 Å². The smallest absolute Gasteiger partial charge is 0.255 e. The molecule has 0 aliphatic carbocycles. The van der Waals surface area contributed by atoms with E-state index in [-0.39, 0.29) is 17.9 Å². The highest BCUT2D eigenvalue weighted by molar-refractivity contribution is 6.36. The minimum atomic E-state index is -0.225. The van der Waals surface area contributed by atoms with Crippen LogP contribution in [-0.2, 0) is 11.2 Å². The minimum absolute atomic E-state index is 0.0984. The van der Waals surface area contributed by atoms with Gasteiger partial charge in [0, 0.05) is 43.4 Å². The second kappa shape index (κ2) is 8.34. The maximum absolute atomic E-state index is 13.1. The Bertz CT molecular complexity index is 941. The summed E-state index contributed by atoms with van der Waals surface area (Å²) in [7, 11) is 0. The minimum Gasteiger partial charge on any atom is -0.336 e. The molecular formula is C22H23Cl2N3O2. The Morgan fingerprint density at radius 1 is 0.966 bits per heavy atom. The first kappa shape index (κ1) is 20.2. The van der Waals surface area contributed by atoms with Crippen molar-refractivity contribution in [2.75, 3.05) is 37.6 Å². The number of halogens is 2. The zero-order chi connectivity index (χ0) is 20.5. The van der Waals surface area contributed by atoms with E-state index in [4.69, 9.17) is 23.2 Å². The Morgan fingerprint density at radius 2 is 1.69 bits per heavy atom. The largest absolute Gasteiger partial charge is 0.336 e. The number of rotatable bonds is 3. The lowest BCUT2D eigenvalue weighted by Gasteiger charge is -2.38. The third kappa shape index (κ3) is 4.00. The van der Waals surface area contributed by atoms with Crippen LogP contribution in [0.4, 0.5) is 5.69 Å². The Balaban J connectivity index is 1.38. The molecule has 2 aliphatic heterocycles. The molecule has 1 fully saturated rings. The fourth-order valence-corrected chi connectivity index (χ4v) is 4.58. The molecule has 2 aliphatic rings. The molecule has 0 N–H and O–H groups in total. The molecule has 0 saturated carbocycles. The Labute approximate surface area is 180 Å². The lowest BCUT2D eigenvalue weighted by atomic mass is 10.1. The van der Waals surface area contributed by atoms with Crippen LogP contribution in [0.1, 0.15) is 22.8 Å². The standard InChI is InChI=1S/C22H23Cl2N3O2/c1-15(21(28)27-9-8-16-4-2-3-5-20(16)27)25-10-12-26(13-11-25)22(29)18-7-6-17(23)14-19(18)24/h2-7,14-15H,8-13H2,1H3. The van der Waals surface area contributed by atoms with Gasteiger partial charge in [0.2, 0.25) is 5.91 Å². The predicted octanol–water partition coefficient (Wildman–Crippen LogP) is 3.73. The third-order valence-corrected chi connectivity index (χ3v) is 6.37. The Morgan fingerprint density at radius 3 is 2.41 bits per heavy atom. The first-order valence-electron chi connectivity index (χ1n) is 9.83. The van der Waals surface area contributed by atoms with Crippen LogP contribution in [0.25, 0.3) is 0 Å². The van der Waals surface area contributed by atoms with Crippen molar-refractivity contribution in [1.29, 1.82) is 0 Å². The van der Waals surface area contributed by atoms with Crippen molar-refractivity contribution < 1.29 is 9.59 Å². The molecule has 7 heteroatoms. The van der Waals surface area contributed by atoms with E-state index in [0.29, 0.717) is 41.8 Å². The second-order valence-corrected chi connectivity index (χ2v) is 8.34. The molecule has 0 radical (unpaired) electrons. The number of carbonyl (C=O) groups excluding carboxylic acids is 2. The molecule has 0 bridgehead atoms. The van der Waals surface area contributed by atoms with Gasteiger partial charge in [-0.05, 0) is 43.2 Å². The molecule has 4 rings (SSSR count). The zero-order valence-electron chi connectivity index (χ0n) is 16.3. The van der Waals surface area contributed by atoms with Crippen molar-refractivity contribution in [3.05, 3.63) is 63.6 Å². The van der Waals surface area contributed by atoms with Gasteiger partial charge in [-0.15, -0.1) is 0 Å². The van der Waals surface area contributed by atoms with Crippen LogP contribution < -0.4 is 4.90 Å². The zero-order valence-corrected chi connectivity index (χ0v) is 17.8. The highest BCUT2D eigenvalue weighted by Gasteiger charge is 2.33. The summed E-state index contributed by atoms with van der Waals surface area (Å²) < 4.78 is 0. The number of carbonyl (C=O) groups is 2. The third-order valence-electron chi connectivity index (χ3n) is 5.82. The van der Waals surface area contributed by atoms with Crippen molar-refractivity contribution in [1.82, 2.24) is 9.80 Å². The topological polar surface area (TPSA) is 43.9 Å². The molecule has 0 aromatic heterocycles. The van der Waals surface area contributed by atoms with Crippen LogP contribution in [0.15, 0.2) is 42.5 Å². The molecular weight excluding hydrogens is 409 g/mol. The average Bonchev–Trinajstić information content (AvgIpc) is 3.16. The van der Waals surface area contributed by atoms with Gasteiger partial charge in [-0.25, -0.2) is 0 Å². The Kier molecular flexibility index (Phi) is 5.81. The van der Waals surface area contributed by atoms with E-state index in [2.05, 4.69) is 11.0 Å². The van der Waals surface area contributed by atoms with Crippen LogP contribution in [-0.4, -0.2) is 60.4 Å². The van der Waals surface area contributed by atoms with Crippen molar-refractivity contribution in [2.24, 2.45) is 0 Å². The van der Waals surface area contributed by atoms with Crippen LogP contribution in [0.5, 0.6) is 0 Å². The highest BCUT2D eigenvalue weighted by Crippen LogP contribution is 2.29. The quantitative estimate of drug-likeness (QED) is 0.743. The fraction of sp³-hybridized carbons (Fsp3) is 0.364. The molecule has 5 nitrogen and oxygen atoms in total. The summed E-state index contributed by atoms with van der Waals surface area (Å²) in [6.45, 7) is 5.11. The van der Waals surface area contributed by atoms with Crippen LogP contribution in [0.2, 0.25) is 10.0 Å². The first-order chi connectivity index (χ1) is 14.0. The van der Waals surface area contributed by atoms with Gasteiger partial charge in [-0.2, -0.15) is 0 Å². The van der Waals surface area contributed by atoms with E-state index < -0.39 is 0 Å². The number of piperazine rings is 1. The molecule has 2 amide bonds. The molecule has 152 valence electrons. The van der Waals surface area contributed by atoms with Crippen LogP contribution in [0.3, 0.4) is 0 Å². The summed E-state index contributed by atoms with van der Waals surface area (Å²) in [6, 6.07) is 12.8. The highest BCUT2D eigenvalue weighted by atomic mass is 35.5. The van der Waals surface area contributed by atoms with Gasteiger partial charge in [-0.3, -0.25) is 14.5 Å². The summed E-state index contributed by atoms with van der Waals surface area (Å²) in [6.07, 6.45) is 0.902. The number of nitrogens with zero attached hydrogens (tertiary/aromatic N) is 3. The van der Waals surface area contributed by atoms with Gasteiger partial charge in [0.25, 0.3) is 5.91 Å². The number of hydrogen-bond acceptors (Lipinski definition) is 3.